The molecule has 1 aliphatic rings. The molecule has 1 rings (SSSR count). The van der Waals surface area contributed by atoms with Crippen LogP contribution in [0.5, 0.6) is 0 Å². The summed E-state index contributed by atoms with van der Waals surface area (Å²) in [6.45, 7) is 2.00. The largest absolute Gasteiger partial charge is 0.340 e. The highest BCUT2D eigenvalue weighted by molar-refractivity contribution is 5.84. The second-order valence-electron chi connectivity index (χ2n) is 3.01. The van der Waals surface area contributed by atoms with Crippen molar-refractivity contribution in [2.75, 3.05) is 7.05 Å². The monoisotopic (exact) mass is 171 g/mol. The van der Waals surface area contributed by atoms with Gasteiger partial charge in [0.2, 0.25) is 5.91 Å². The number of hydrogen-bond donors (Lipinski definition) is 3. The van der Waals surface area contributed by atoms with Gasteiger partial charge in [0.05, 0.1) is 0 Å². The van der Waals surface area contributed by atoms with E-state index in [-0.39, 0.29) is 11.8 Å². The van der Waals surface area contributed by atoms with Crippen LogP contribution in [0.15, 0.2) is 0 Å². The summed E-state index contributed by atoms with van der Waals surface area (Å²) in [5.41, 5.74) is 4.55. The molecular formula is C7H13N3O2. The van der Waals surface area contributed by atoms with Gasteiger partial charge in [0.15, 0.2) is 0 Å². The van der Waals surface area contributed by atoms with Crippen molar-refractivity contribution in [2.45, 2.75) is 13.3 Å². The zero-order valence-corrected chi connectivity index (χ0v) is 7.18. The molecule has 0 bridgehead atoms. The third-order valence-corrected chi connectivity index (χ3v) is 1.97. The lowest BCUT2D eigenvalue weighted by atomic mass is 10.3. The molecule has 0 spiro atoms. The number of carbonyl (C=O) groups excluding carboxylic acids is 2. The van der Waals surface area contributed by atoms with E-state index in [9.17, 15) is 9.59 Å². The Labute approximate surface area is 70.9 Å². The van der Waals surface area contributed by atoms with Crippen LogP contribution in [-0.2, 0) is 4.79 Å². The fourth-order valence-corrected chi connectivity index (χ4v) is 0.961. The van der Waals surface area contributed by atoms with Gasteiger partial charge >= 0.3 is 6.03 Å². The van der Waals surface area contributed by atoms with Crippen LogP contribution < -0.4 is 16.2 Å². The highest BCUT2D eigenvalue weighted by Crippen LogP contribution is 2.37. The van der Waals surface area contributed by atoms with Gasteiger partial charge in [0.1, 0.15) is 0 Å². The summed E-state index contributed by atoms with van der Waals surface area (Å²) in [6.07, 6.45) is 0.918. The summed E-state index contributed by atoms with van der Waals surface area (Å²) in [6, 6.07) is -0.406. The Morgan fingerprint density at radius 3 is 2.33 bits per heavy atom. The van der Waals surface area contributed by atoms with Crippen LogP contribution in [0.1, 0.15) is 13.3 Å². The molecule has 68 valence electrons. The first kappa shape index (κ1) is 8.83. The second kappa shape index (κ2) is 3.42. The molecule has 0 radical (unpaired) electrons. The highest BCUT2D eigenvalue weighted by atomic mass is 16.2. The van der Waals surface area contributed by atoms with E-state index < -0.39 is 6.03 Å². The molecule has 0 aromatic heterocycles. The SMILES string of the molecule is CNC(=O)NNC(=O)C1CC1C. The normalized spacial score (nSPS) is 25.8. The molecule has 1 fully saturated rings. The number of nitrogens with one attached hydrogen (secondary N) is 3. The van der Waals surface area contributed by atoms with E-state index >= 15 is 0 Å². The van der Waals surface area contributed by atoms with Crippen LogP contribution in [0.3, 0.4) is 0 Å². The molecule has 1 aliphatic carbocycles. The lowest BCUT2D eigenvalue weighted by molar-refractivity contribution is -0.123. The predicted octanol–water partition coefficient (Wildman–Crippen LogP) is -0.397. The number of rotatable bonds is 1. The van der Waals surface area contributed by atoms with Crippen LogP contribution in [-0.4, -0.2) is 19.0 Å². The molecular weight excluding hydrogens is 158 g/mol. The maximum atomic E-state index is 11.1. The molecule has 0 aliphatic heterocycles. The van der Waals surface area contributed by atoms with Crippen LogP contribution in [0, 0.1) is 11.8 Å². The van der Waals surface area contributed by atoms with Gasteiger partial charge < -0.3 is 5.32 Å². The van der Waals surface area contributed by atoms with Gasteiger partial charge in [-0.2, -0.15) is 0 Å². The molecule has 3 N–H and O–H groups in total. The quantitative estimate of drug-likeness (QED) is 0.470. The lowest BCUT2D eigenvalue weighted by Gasteiger charge is -2.04. The molecule has 1 saturated carbocycles. The summed E-state index contributed by atoms with van der Waals surface area (Å²) in [4.78, 5) is 21.7. The van der Waals surface area contributed by atoms with E-state index in [1.54, 1.807) is 0 Å². The van der Waals surface area contributed by atoms with Crippen LogP contribution in [0.25, 0.3) is 0 Å². The Morgan fingerprint density at radius 1 is 1.33 bits per heavy atom. The Kier molecular flexibility index (Phi) is 2.52. The summed E-state index contributed by atoms with van der Waals surface area (Å²) in [5.74, 6) is 0.435. The van der Waals surface area contributed by atoms with Gasteiger partial charge in [-0.05, 0) is 12.3 Å². The number of amides is 3. The van der Waals surface area contributed by atoms with E-state index in [1.165, 1.54) is 7.05 Å². The Morgan fingerprint density at radius 2 is 1.92 bits per heavy atom. The zero-order chi connectivity index (χ0) is 9.14. The molecule has 5 nitrogen and oxygen atoms in total. The van der Waals surface area contributed by atoms with Crippen molar-refractivity contribution in [2.24, 2.45) is 11.8 Å². The molecule has 0 heterocycles. The fourth-order valence-electron chi connectivity index (χ4n) is 0.961. The van der Waals surface area contributed by atoms with Gasteiger partial charge in [0, 0.05) is 13.0 Å². The minimum absolute atomic E-state index is 0.0853. The Hall–Kier alpha value is -1.26. The molecule has 2 atom stereocenters. The molecule has 0 aromatic rings. The van der Waals surface area contributed by atoms with Crippen LogP contribution in [0.2, 0.25) is 0 Å². The first-order valence-electron chi connectivity index (χ1n) is 3.92. The van der Waals surface area contributed by atoms with Gasteiger partial charge in [-0.3, -0.25) is 10.2 Å². The van der Waals surface area contributed by atoms with Crippen molar-refractivity contribution in [1.82, 2.24) is 16.2 Å². The average molecular weight is 171 g/mol. The first-order chi connectivity index (χ1) is 5.65. The molecule has 5 heteroatoms. The van der Waals surface area contributed by atoms with Crippen molar-refractivity contribution in [1.29, 1.82) is 0 Å². The third kappa shape index (κ3) is 2.11. The Balaban J connectivity index is 2.15. The summed E-state index contributed by atoms with van der Waals surface area (Å²) in [7, 11) is 1.49. The highest BCUT2D eigenvalue weighted by Gasteiger charge is 2.39. The van der Waals surface area contributed by atoms with Crippen molar-refractivity contribution in [3.8, 4) is 0 Å². The maximum absolute atomic E-state index is 11.1. The van der Waals surface area contributed by atoms with Crippen LogP contribution in [0.4, 0.5) is 4.79 Å². The van der Waals surface area contributed by atoms with Crippen molar-refractivity contribution in [3.63, 3.8) is 0 Å². The van der Waals surface area contributed by atoms with E-state index in [2.05, 4.69) is 16.2 Å². The minimum atomic E-state index is -0.406. The smallest absolute Gasteiger partial charge is 0.333 e. The topological polar surface area (TPSA) is 70.2 Å². The first-order valence-corrected chi connectivity index (χ1v) is 3.92. The van der Waals surface area contributed by atoms with Crippen molar-refractivity contribution < 1.29 is 9.59 Å². The predicted molar refractivity (Wildman–Crippen MR) is 43.0 cm³/mol. The van der Waals surface area contributed by atoms with E-state index in [4.69, 9.17) is 0 Å². The Bertz CT molecular complexity index is 205. The van der Waals surface area contributed by atoms with Crippen molar-refractivity contribution >= 4 is 11.9 Å². The van der Waals surface area contributed by atoms with Gasteiger partial charge in [-0.15, -0.1) is 0 Å². The summed E-state index contributed by atoms with van der Waals surface area (Å²) < 4.78 is 0. The number of carbonyl (C=O) groups is 2. The molecule has 2 unspecified atom stereocenters. The van der Waals surface area contributed by atoms with Gasteiger partial charge in [-0.25, -0.2) is 10.2 Å². The maximum Gasteiger partial charge on any atom is 0.333 e. The molecule has 0 saturated heterocycles. The van der Waals surface area contributed by atoms with Gasteiger partial charge in [0.25, 0.3) is 0 Å². The number of hydrogen-bond acceptors (Lipinski definition) is 2. The standard InChI is InChI=1S/C7H13N3O2/c1-4-3-5(4)6(11)9-10-7(12)8-2/h4-5H,3H2,1-2H3,(H,9,11)(H2,8,10,12). The fraction of sp³-hybridized carbons (Fsp3) is 0.714. The average Bonchev–Trinajstić information content (AvgIpc) is 2.77. The molecule has 3 amide bonds. The minimum Gasteiger partial charge on any atom is -0.340 e. The summed E-state index contributed by atoms with van der Waals surface area (Å²) in [5, 5.41) is 2.33. The zero-order valence-electron chi connectivity index (χ0n) is 7.18. The van der Waals surface area contributed by atoms with E-state index in [0.717, 1.165) is 6.42 Å². The summed E-state index contributed by atoms with van der Waals surface area (Å²) >= 11 is 0. The molecule has 12 heavy (non-hydrogen) atoms. The van der Waals surface area contributed by atoms with Crippen LogP contribution >= 0.6 is 0 Å². The number of hydrazine groups is 1. The number of urea groups is 1. The second-order valence-corrected chi connectivity index (χ2v) is 3.01. The van der Waals surface area contributed by atoms with E-state index in [0.29, 0.717) is 5.92 Å². The van der Waals surface area contributed by atoms with Gasteiger partial charge in [-0.1, -0.05) is 6.92 Å². The van der Waals surface area contributed by atoms with Crippen molar-refractivity contribution in [3.05, 3.63) is 0 Å². The lowest BCUT2D eigenvalue weighted by Crippen LogP contribution is -2.46. The van der Waals surface area contributed by atoms with E-state index in [1.807, 2.05) is 6.92 Å². The molecule has 0 aromatic carbocycles. The third-order valence-electron chi connectivity index (χ3n) is 1.97.